The maximum absolute atomic E-state index is 12.3. The molecule has 0 unspecified atom stereocenters. The van der Waals surface area contributed by atoms with E-state index < -0.39 is 0 Å². The Labute approximate surface area is 155 Å². The molecule has 3 aromatic rings. The molecular formula is C21H17BrN2O. The number of hydrazone groups is 1. The lowest BCUT2D eigenvalue weighted by Gasteiger charge is -2.05. The zero-order chi connectivity index (χ0) is 17.6. The summed E-state index contributed by atoms with van der Waals surface area (Å²) in [5, 5.41) is 4.18. The second-order valence-electron chi connectivity index (χ2n) is 5.59. The second kappa shape index (κ2) is 7.90. The number of amides is 1. The summed E-state index contributed by atoms with van der Waals surface area (Å²) >= 11 is 3.40. The van der Waals surface area contributed by atoms with Gasteiger partial charge in [0.05, 0.1) is 5.71 Å². The summed E-state index contributed by atoms with van der Waals surface area (Å²) in [6.07, 6.45) is 0. The molecular weight excluding hydrogens is 376 g/mol. The molecule has 3 nitrogen and oxygen atoms in total. The minimum atomic E-state index is -0.226. The van der Waals surface area contributed by atoms with Crippen LogP contribution in [0.1, 0.15) is 22.8 Å². The van der Waals surface area contributed by atoms with Crippen molar-refractivity contribution in [2.75, 3.05) is 0 Å². The van der Waals surface area contributed by atoms with E-state index in [0.717, 1.165) is 26.9 Å². The molecule has 1 N–H and O–H groups in total. The molecule has 25 heavy (non-hydrogen) atoms. The third-order valence-electron chi connectivity index (χ3n) is 3.84. The van der Waals surface area contributed by atoms with Crippen molar-refractivity contribution >= 4 is 27.5 Å². The highest BCUT2D eigenvalue weighted by atomic mass is 79.9. The number of carbonyl (C=O) groups excluding carboxylic acids is 1. The lowest BCUT2D eigenvalue weighted by Crippen LogP contribution is -2.19. The van der Waals surface area contributed by atoms with Gasteiger partial charge in [-0.1, -0.05) is 70.5 Å². The van der Waals surface area contributed by atoms with Gasteiger partial charge in [-0.15, -0.1) is 0 Å². The molecule has 0 bridgehead atoms. The van der Waals surface area contributed by atoms with Gasteiger partial charge in [0.25, 0.3) is 5.91 Å². The lowest BCUT2D eigenvalue weighted by molar-refractivity contribution is 0.0955. The van der Waals surface area contributed by atoms with Crippen LogP contribution in [0.5, 0.6) is 0 Å². The monoisotopic (exact) mass is 392 g/mol. The minimum Gasteiger partial charge on any atom is -0.267 e. The van der Waals surface area contributed by atoms with Crippen LogP contribution in [0.3, 0.4) is 0 Å². The zero-order valence-electron chi connectivity index (χ0n) is 13.7. The Morgan fingerprint density at radius 2 is 1.36 bits per heavy atom. The molecule has 0 aliphatic heterocycles. The van der Waals surface area contributed by atoms with Crippen LogP contribution in [0.25, 0.3) is 11.1 Å². The maximum atomic E-state index is 12.3. The average Bonchev–Trinajstić information content (AvgIpc) is 2.67. The summed E-state index contributed by atoms with van der Waals surface area (Å²) in [5.41, 5.74) is 7.10. The van der Waals surface area contributed by atoms with Crippen LogP contribution >= 0.6 is 15.9 Å². The van der Waals surface area contributed by atoms with Gasteiger partial charge in [0, 0.05) is 10.0 Å². The Morgan fingerprint density at radius 3 is 2.00 bits per heavy atom. The SMILES string of the molecule is C/C(=N/NC(=O)c1ccc(-c2ccccc2)cc1)c1ccc(Br)cc1. The first-order chi connectivity index (χ1) is 12.1. The van der Waals surface area contributed by atoms with Crippen molar-refractivity contribution in [2.45, 2.75) is 6.92 Å². The quantitative estimate of drug-likeness (QED) is 0.476. The summed E-state index contributed by atoms with van der Waals surface area (Å²) in [7, 11) is 0. The van der Waals surface area contributed by atoms with Crippen LogP contribution in [0.2, 0.25) is 0 Å². The zero-order valence-corrected chi connectivity index (χ0v) is 15.3. The van der Waals surface area contributed by atoms with Crippen molar-refractivity contribution in [2.24, 2.45) is 5.10 Å². The van der Waals surface area contributed by atoms with Crippen LogP contribution in [0.4, 0.5) is 0 Å². The summed E-state index contributed by atoms with van der Waals surface area (Å²) in [5.74, 6) is -0.226. The van der Waals surface area contributed by atoms with Gasteiger partial charge in [-0.3, -0.25) is 4.79 Å². The molecule has 0 heterocycles. The highest BCUT2D eigenvalue weighted by Crippen LogP contribution is 2.19. The molecule has 0 aliphatic rings. The first-order valence-corrected chi connectivity index (χ1v) is 8.69. The summed E-state index contributed by atoms with van der Waals surface area (Å²) in [4.78, 5) is 12.3. The van der Waals surface area contributed by atoms with Crippen LogP contribution in [-0.4, -0.2) is 11.6 Å². The Kier molecular flexibility index (Phi) is 5.41. The predicted octanol–water partition coefficient (Wildman–Crippen LogP) is 5.27. The van der Waals surface area contributed by atoms with Gasteiger partial charge < -0.3 is 0 Å². The highest BCUT2D eigenvalue weighted by Gasteiger charge is 2.06. The molecule has 1 amide bonds. The van der Waals surface area contributed by atoms with Crippen molar-refractivity contribution in [3.8, 4) is 11.1 Å². The standard InChI is InChI=1S/C21H17BrN2O/c1-15(16-11-13-20(22)14-12-16)23-24-21(25)19-9-7-18(8-10-19)17-5-3-2-4-6-17/h2-14H,1H3,(H,24,25)/b23-15-. The van der Waals surface area contributed by atoms with E-state index in [1.54, 1.807) is 0 Å². The van der Waals surface area contributed by atoms with Crippen molar-refractivity contribution < 1.29 is 4.79 Å². The molecule has 0 saturated heterocycles. The van der Waals surface area contributed by atoms with E-state index >= 15 is 0 Å². The number of carbonyl (C=O) groups is 1. The normalized spacial score (nSPS) is 11.2. The molecule has 3 rings (SSSR count). The Morgan fingerprint density at radius 1 is 0.800 bits per heavy atom. The number of hydrogen-bond acceptors (Lipinski definition) is 2. The van der Waals surface area contributed by atoms with E-state index in [0.29, 0.717) is 5.56 Å². The fourth-order valence-electron chi connectivity index (χ4n) is 2.40. The first-order valence-electron chi connectivity index (χ1n) is 7.89. The third-order valence-corrected chi connectivity index (χ3v) is 4.37. The van der Waals surface area contributed by atoms with Crippen molar-refractivity contribution in [1.82, 2.24) is 5.43 Å². The minimum absolute atomic E-state index is 0.226. The summed E-state index contributed by atoms with van der Waals surface area (Å²) < 4.78 is 1.01. The maximum Gasteiger partial charge on any atom is 0.271 e. The number of nitrogens with zero attached hydrogens (tertiary/aromatic N) is 1. The smallest absolute Gasteiger partial charge is 0.267 e. The fourth-order valence-corrected chi connectivity index (χ4v) is 2.66. The molecule has 0 saturated carbocycles. The highest BCUT2D eigenvalue weighted by molar-refractivity contribution is 9.10. The van der Waals surface area contributed by atoms with E-state index in [1.165, 1.54) is 0 Å². The lowest BCUT2D eigenvalue weighted by atomic mass is 10.0. The molecule has 124 valence electrons. The average molecular weight is 393 g/mol. The van der Waals surface area contributed by atoms with Gasteiger partial charge in [0.1, 0.15) is 0 Å². The van der Waals surface area contributed by atoms with E-state index in [1.807, 2.05) is 85.8 Å². The number of benzene rings is 3. The molecule has 0 atom stereocenters. The molecule has 0 radical (unpaired) electrons. The van der Waals surface area contributed by atoms with E-state index in [2.05, 4.69) is 26.5 Å². The number of nitrogens with one attached hydrogen (secondary N) is 1. The molecule has 0 fully saturated rings. The van der Waals surface area contributed by atoms with Gasteiger partial charge in [-0.25, -0.2) is 5.43 Å². The second-order valence-corrected chi connectivity index (χ2v) is 6.50. The van der Waals surface area contributed by atoms with Crippen LogP contribution in [0, 0.1) is 0 Å². The predicted molar refractivity (Wildman–Crippen MR) is 106 cm³/mol. The van der Waals surface area contributed by atoms with E-state index in [9.17, 15) is 4.79 Å². The Bertz CT molecular complexity index is 885. The van der Waals surface area contributed by atoms with Crippen molar-refractivity contribution in [3.63, 3.8) is 0 Å². The topological polar surface area (TPSA) is 41.5 Å². The van der Waals surface area contributed by atoms with Crippen molar-refractivity contribution in [3.05, 3.63) is 94.5 Å². The van der Waals surface area contributed by atoms with Gasteiger partial charge in [0.15, 0.2) is 0 Å². The van der Waals surface area contributed by atoms with Crippen molar-refractivity contribution in [1.29, 1.82) is 0 Å². The largest absolute Gasteiger partial charge is 0.271 e. The number of hydrogen-bond donors (Lipinski definition) is 1. The fraction of sp³-hybridized carbons (Fsp3) is 0.0476. The molecule has 0 spiro atoms. The van der Waals surface area contributed by atoms with Crippen LogP contribution in [-0.2, 0) is 0 Å². The Balaban J connectivity index is 1.69. The summed E-state index contributed by atoms with van der Waals surface area (Å²) in [6.45, 7) is 1.86. The van der Waals surface area contributed by atoms with E-state index in [4.69, 9.17) is 0 Å². The summed E-state index contributed by atoms with van der Waals surface area (Å²) in [6, 6.07) is 25.3. The molecule has 4 heteroatoms. The van der Waals surface area contributed by atoms with Gasteiger partial charge in [-0.05, 0) is 47.9 Å². The number of halogens is 1. The van der Waals surface area contributed by atoms with Crippen LogP contribution in [0.15, 0.2) is 88.4 Å². The van der Waals surface area contributed by atoms with Crippen LogP contribution < -0.4 is 5.43 Å². The van der Waals surface area contributed by atoms with Gasteiger partial charge >= 0.3 is 0 Å². The first kappa shape index (κ1) is 17.1. The van der Waals surface area contributed by atoms with Gasteiger partial charge in [0.2, 0.25) is 0 Å². The number of rotatable bonds is 4. The molecule has 0 aromatic heterocycles. The molecule has 0 aliphatic carbocycles. The molecule has 3 aromatic carbocycles. The van der Waals surface area contributed by atoms with Gasteiger partial charge in [-0.2, -0.15) is 5.10 Å². The third kappa shape index (κ3) is 4.43. The van der Waals surface area contributed by atoms with E-state index in [-0.39, 0.29) is 5.91 Å². The Hall–Kier alpha value is -2.72.